The van der Waals surface area contributed by atoms with E-state index in [1.54, 1.807) is 6.07 Å². The normalized spacial score (nSPS) is 10.4. The van der Waals surface area contributed by atoms with Crippen molar-refractivity contribution >= 4 is 27.3 Å². The molecule has 0 spiro atoms. The van der Waals surface area contributed by atoms with Gasteiger partial charge in [-0.25, -0.2) is 0 Å². The summed E-state index contributed by atoms with van der Waals surface area (Å²) in [4.78, 5) is 21.2. The van der Waals surface area contributed by atoms with E-state index in [2.05, 4.69) is 15.9 Å². The number of ether oxygens (including phenoxy) is 3. The molecule has 0 fully saturated rings. The van der Waals surface area contributed by atoms with Crippen molar-refractivity contribution in [2.24, 2.45) is 0 Å². The Morgan fingerprint density at radius 1 is 0.733 bits per heavy atom. The summed E-state index contributed by atoms with van der Waals surface area (Å²) in [6.45, 7) is 0.476. The van der Waals surface area contributed by atoms with Crippen LogP contribution in [0, 0.1) is 20.2 Å². The summed E-state index contributed by atoms with van der Waals surface area (Å²) in [5.41, 5.74) is -0.347. The standard InChI is InChI=1S/C20H23BrN2O7/c21-11-5-1-2-6-12-28-16-9-10-18(23(26)27)20(15-16)30-14-13-29-19-8-4-3-7-17(19)22(24)25/h3-4,7-10,15H,1-2,5-6,11-14H2. The monoisotopic (exact) mass is 482 g/mol. The van der Waals surface area contributed by atoms with Crippen LogP contribution in [-0.4, -0.2) is 35.0 Å². The van der Waals surface area contributed by atoms with Gasteiger partial charge in [-0.2, -0.15) is 0 Å². The number of rotatable bonds is 14. The molecule has 0 aliphatic rings. The van der Waals surface area contributed by atoms with Gasteiger partial charge in [-0.3, -0.25) is 20.2 Å². The topological polar surface area (TPSA) is 114 Å². The molecular formula is C20H23BrN2O7. The van der Waals surface area contributed by atoms with Crippen LogP contribution in [0.15, 0.2) is 42.5 Å². The van der Waals surface area contributed by atoms with E-state index in [1.165, 1.54) is 36.4 Å². The first-order valence-electron chi connectivity index (χ1n) is 9.49. The van der Waals surface area contributed by atoms with Gasteiger partial charge in [0.05, 0.1) is 16.5 Å². The van der Waals surface area contributed by atoms with Crippen molar-refractivity contribution in [1.29, 1.82) is 0 Å². The Bertz CT molecular complexity index is 848. The maximum absolute atomic E-state index is 11.2. The second-order valence-corrected chi connectivity index (χ2v) is 7.05. The molecule has 9 nitrogen and oxygen atoms in total. The number of hydrogen-bond donors (Lipinski definition) is 0. The van der Waals surface area contributed by atoms with Gasteiger partial charge < -0.3 is 14.2 Å². The summed E-state index contributed by atoms with van der Waals surface area (Å²) in [6, 6.07) is 10.3. The second-order valence-electron chi connectivity index (χ2n) is 6.26. The minimum Gasteiger partial charge on any atom is -0.493 e. The van der Waals surface area contributed by atoms with Crippen molar-refractivity contribution in [1.82, 2.24) is 0 Å². The fourth-order valence-corrected chi connectivity index (χ4v) is 3.02. The maximum Gasteiger partial charge on any atom is 0.311 e. The molecule has 0 aliphatic heterocycles. The highest BCUT2D eigenvalue weighted by Gasteiger charge is 2.17. The van der Waals surface area contributed by atoms with Gasteiger partial charge in [-0.1, -0.05) is 40.9 Å². The van der Waals surface area contributed by atoms with E-state index in [4.69, 9.17) is 14.2 Å². The van der Waals surface area contributed by atoms with E-state index < -0.39 is 9.85 Å². The van der Waals surface area contributed by atoms with E-state index in [0.717, 1.165) is 31.0 Å². The van der Waals surface area contributed by atoms with Crippen LogP contribution in [0.4, 0.5) is 11.4 Å². The first kappa shape index (κ1) is 23.4. The van der Waals surface area contributed by atoms with Crippen molar-refractivity contribution in [3.8, 4) is 17.2 Å². The molecule has 0 radical (unpaired) electrons. The molecule has 0 aromatic heterocycles. The number of nitrogens with zero attached hydrogens (tertiary/aromatic N) is 2. The van der Waals surface area contributed by atoms with E-state index in [1.807, 2.05) is 0 Å². The first-order valence-corrected chi connectivity index (χ1v) is 10.6. The van der Waals surface area contributed by atoms with Crippen LogP contribution < -0.4 is 14.2 Å². The van der Waals surface area contributed by atoms with Gasteiger partial charge in [0.25, 0.3) is 0 Å². The molecule has 0 N–H and O–H groups in total. The summed E-state index contributed by atoms with van der Waals surface area (Å²) in [5, 5.41) is 23.2. The van der Waals surface area contributed by atoms with Crippen LogP contribution in [0.1, 0.15) is 25.7 Å². The number of alkyl halides is 1. The molecule has 0 atom stereocenters. The molecule has 30 heavy (non-hydrogen) atoms. The summed E-state index contributed by atoms with van der Waals surface area (Å²) in [6.07, 6.45) is 4.17. The van der Waals surface area contributed by atoms with Crippen molar-refractivity contribution in [3.05, 3.63) is 62.7 Å². The highest BCUT2D eigenvalue weighted by atomic mass is 79.9. The molecule has 0 aliphatic carbocycles. The van der Waals surface area contributed by atoms with E-state index >= 15 is 0 Å². The summed E-state index contributed by atoms with van der Waals surface area (Å²) in [7, 11) is 0. The third-order valence-electron chi connectivity index (χ3n) is 4.09. The molecule has 0 saturated heterocycles. The lowest BCUT2D eigenvalue weighted by Crippen LogP contribution is -2.11. The van der Waals surface area contributed by atoms with Gasteiger partial charge >= 0.3 is 11.4 Å². The number of unbranched alkanes of at least 4 members (excludes halogenated alkanes) is 3. The average Bonchev–Trinajstić information content (AvgIpc) is 2.73. The number of benzene rings is 2. The molecule has 2 aromatic carbocycles. The summed E-state index contributed by atoms with van der Waals surface area (Å²) < 4.78 is 16.5. The van der Waals surface area contributed by atoms with Gasteiger partial charge in [-0.15, -0.1) is 0 Å². The van der Waals surface area contributed by atoms with Gasteiger partial charge in [0.2, 0.25) is 5.75 Å². The zero-order valence-corrected chi connectivity index (χ0v) is 17.9. The zero-order valence-electron chi connectivity index (χ0n) is 16.3. The molecule has 162 valence electrons. The molecule has 0 amide bonds. The molecule has 10 heteroatoms. The maximum atomic E-state index is 11.2. The number of nitro groups is 2. The van der Waals surface area contributed by atoms with Gasteiger partial charge in [0, 0.05) is 23.5 Å². The Balaban J connectivity index is 1.90. The highest BCUT2D eigenvalue weighted by molar-refractivity contribution is 9.09. The minimum atomic E-state index is -0.540. The SMILES string of the molecule is O=[N+]([O-])c1ccccc1OCCOc1cc(OCCCCCCBr)ccc1[N+](=O)[O-]. The van der Waals surface area contributed by atoms with E-state index in [9.17, 15) is 20.2 Å². The Labute approximate surface area is 182 Å². The Hall–Kier alpha value is -2.88. The minimum absolute atomic E-state index is 0.0132. The second kappa shape index (κ2) is 12.6. The van der Waals surface area contributed by atoms with Gasteiger partial charge in [-0.05, 0) is 25.0 Å². The quantitative estimate of drug-likeness (QED) is 0.155. The van der Waals surface area contributed by atoms with E-state index in [-0.39, 0.29) is 36.1 Å². The van der Waals surface area contributed by atoms with Crippen LogP contribution in [0.3, 0.4) is 0 Å². The van der Waals surface area contributed by atoms with Crippen LogP contribution in [0.2, 0.25) is 0 Å². The number of nitro benzene ring substituents is 2. The van der Waals surface area contributed by atoms with Crippen molar-refractivity contribution < 1.29 is 24.1 Å². The molecule has 2 rings (SSSR count). The predicted molar refractivity (Wildman–Crippen MR) is 115 cm³/mol. The van der Waals surface area contributed by atoms with Crippen LogP contribution >= 0.6 is 15.9 Å². The number of para-hydroxylation sites is 2. The van der Waals surface area contributed by atoms with Crippen molar-refractivity contribution in [3.63, 3.8) is 0 Å². The van der Waals surface area contributed by atoms with Gasteiger partial charge in [0.15, 0.2) is 5.75 Å². The fraction of sp³-hybridized carbons (Fsp3) is 0.400. The predicted octanol–water partition coefficient (Wildman–Crippen LogP) is 5.29. The van der Waals surface area contributed by atoms with Crippen LogP contribution in [0.5, 0.6) is 17.2 Å². The van der Waals surface area contributed by atoms with Crippen molar-refractivity contribution in [2.45, 2.75) is 25.7 Å². The highest BCUT2D eigenvalue weighted by Crippen LogP contribution is 2.31. The third kappa shape index (κ3) is 7.51. The average molecular weight is 483 g/mol. The van der Waals surface area contributed by atoms with Crippen LogP contribution in [-0.2, 0) is 0 Å². The molecule has 0 bridgehead atoms. The van der Waals surface area contributed by atoms with E-state index in [0.29, 0.717) is 12.4 Å². The Morgan fingerprint density at radius 2 is 1.37 bits per heavy atom. The largest absolute Gasteiger partial charge is 0.493 e. The fourth-order valence-electron chi connectivity index (χ4n) is 2.62. The lowest BCUT2D eigenvalue weighted by Gasteiger charge is -2.11. The van der Waals surface area contributed by atoms with Crippen LogP contribution in [0.25, 0.3) is 0 Å². The zero-order chi connectivity index (χ0) is 21.8. The molecular weight excluding hydrogens is 460 g/mol. The first-order chi connectivity index (χ1) is 14.5. The molecule has 0 unspecified atom stereocenters. The summed E-state index contributed by atoms with van der Waals surface area (Å²) in [5.74, 6) is 0.649. The molecule has 0 heterocycles. The molecule has 2 aromatic rings. The molecule has 0 saturated carbocycles. The van der Waals surface area contributed by atoms with Gasteiger partial charge in [0.1, 0.15) is 19.0 Å². The Kier molecular flexibility index (Phi) is 9.85. The Morgan fingerprint density at radius 3 is 2.07 bits per heavy atom. The van der Waals surface area contributed by atoms with Crippen molar-refractivity contribution in [2.75, 3.05) is 25.2 Å². The number of halogens is 1. The smallest absolute Gasteiger partial charge is 0.311 e. The lowest BCUT2D eigenvalue weighted by molar-refractivity contribution is -0.386. The lowest BCUT2D eigenvalue weighted by atomic mass is 10.2. The third-order valence-corrected chi connectivity index (χ3v) is 4.65. The summed E-state index contributed by atoms with van der Waals surface area (Å²) >= 11 is 3.39. The number of hydrogen-bond acceptors (Lipinski definition) is 7.